The minimum absolute atomic E-state index is 0.238. The fourth-order valence-electron chi connectivity index (χ4n) is 3.20. The number of benzene rings is 1. The molecule has 1 aromatic carbocycles. The summed E-state index contributed by atoms with van der Waals surface area (Å²) in [7, 11) is 1.96. The maximum absolute atomic E-state index is 12.3. The molecule has 0 spiro atoms. The van der Waals surface area contributed by atoms with Gasteiger partial charge >= 0.3 is 0 Å². The minimum Gasteiger partial charge on any atom is -0.343 e. The van der Waals surface area contributed by atoms with Gasteiger partial charge in [-0.25, -0.2) is 4.98 Å². The van der Waals surface area contributed by atoms with Crippen LogP contribution in [0.15, 0.2) is 24.3 Å². The van der Waals surface area contributed by atoms with Gasteiger partial charge in [0.1, 0.15) is 5.82 Å². The molecule has 21 heavy (non-hydrogen) atoms. The van der Waals surface area contributed by atoms with Gasteiger partial charge in [0, 0.05) is 25.9 Å². The van der Waals surface area contributed by atoms with E-state index >= 15 is 0 Å². The summed E-state index contributed by atoms with van der Waals surface area (Å²) in [6.45, 7) is 0. The van der Waals surface area contributed by atoms with Gasteiger partial charge in [-0.15, -0.1) is 0 Å². The number of amides is 1. The standard InChI is InChI=1S/C17H23N3O/c1-20(13-7-3-2-4-8-13)17(21)12-11-16-18-14-9-5-6-10-15(14)19-16/h5-6,9-10,13H,2-4,7-8,11-12H2,1H3,(H,18,19). The number of carbonyl (C=O) groups excluding carboxylic acids is 1. The van der Waals surface area contributed by atoms with Crippen LogP contribution in [-0.2, 0) is 11.2 Å². The number of aromatic amines is 1. The summed E-state index contributed by atoms with van der Waals surface area (Å²) >= 11 is 0. The van der Waals surface area contributed by atoms with E-state index in [1.54, 1.807) is 0 Å². The second kappa shape index (κ2) is 6.29. The van der Waals surface area contributed by atoms with Crippen LogP contribution in [0.4, 0.5) is 0 Å². The zero-order chi connectivity index (χ0) is 14.7. The van der Waals surface area contributed by atoms with Crippen molar-refractivity contribution in [1.82, 2.24) is 14.9 Å². The van der Waals surface area contributed by atoms with Gasteiger partial charge in [0.25, 0.3) is 0 Å². The molecule has 0 saturated heterocycles. The Balaban J connectivity index is 1.57. The first kappa shape index (κ1) is 14.1. The Morgan fingerprint density at radius 3 is 2.81 bits per heavy atom. The molecule has 0 radical (unpaired) electrons. The first-order valence-electron chi connectivity index (χ1n) is 7.93. The number of nitrogens with zero attached hydrogens (tertiary/aromatic N) is 2. The van der Waals surface area contributed by atoms with Crippen LogP contribution in [0.1, 0.15) is 44.3 Å². The summed E-state index contributed by atoms with van der Waals surface area (Å²) in [5.74, 6) is 1.14. The second-order valence-corrected chi connectivity index (χ2v) is 6.00. The number of fused-ring (bicyclic) bond motifs is 1. The highest BCUT2D eigenvalue weighted by molar-refractivity contribution is 5.77. The topological polar surface area (TPSA) is 49.0 Å². The van der Waals surface area contributed by atoms with Gasteiger partial charge in [-0.1, -0.05) is 31.4 Å². The number of aromatic nitrogens is 2. The largest absolute Gasteiger partial charge is 0.343 e. The molecule has 1 amide bonds. The monoisotopic (exact) mass is 285 g/mol. The van der Waals surface area contributed by atoms with Gasteiger partial charge < -0.3 is 9.88 Å². The average molecular weight is 285 g/mol. The molecule has 0 bridgehead atoms. The Hall–Kier alpha value is -1.84. The predicted molar refractivity (Wildman–Crippen MR) is 84.1 cm³/mol. The van der Waals surface area contributed by atoms with E-state index in [-0.39, 0.29) is 5.91 Å². The molecule has 3 rings (SSSR count). The Labute approximate surface area is 125 Å². The van der Waals surface area contributed by atoms with Crippen molar-refractivity contribution in [3.8, 4) is 0 Å². The molecule has 4 nitrogen and oxygen atoms in total. The van der Waals surface area contributed by atoms with E-state index in [2.05, 4.69) is 9.97 Å². The van der Waals surface area contributed by atoms with E-state index in [9.17, 15) is 4.79 Å². The van der Waals surface area contributed by atoms with E-state index in [0.717, 1.165) is 29.7 Å². The predicted octanol–water partition coefficient (Wildman–Crippen LogP) is 3.29. The molecule has 2 aromatic rings. The highest BCUT2D eigenvalue weighted by Crippen LogP contribution is 2.22. The lowest BCUT2D eigenvalue weighted by Crippen LogP contribution is -2.38. The molecular formula is C17H23N3O. The Bertz CT molecular complexity index is 580. The van der Waals surface area contributed by atoms with Crippen molar-refractivity contribution in [3.05, 3.63) is 30.1 Å². The number of rotatable bonds is 4. The quantitative estimate of drug-likeness (QED) is 0.937. The van der Waals surface area contributed by atoms with Crippen molar-refractivity contribution in [2.24, 2.45) is 0 Å². The molecule has 1 fully saturated rings. The van der Waals surface area contributed by atoms with E-state index in [1.165, 1.54) is 19.3 Å². The molecule has 1 aliphatic carbocycles. The van der Waals surface area contributed by atoms with Crippen LogP contribution in [0.5, 0.6) is 0 Å². The first-order chi connectivity index (χ1) is 10.2. The first-order valence-corrected chi connectivity index (χ1v) is 7.93. The SMILES string of the molecule is CN(C(=O)CCc1nc2ccccc2[nH]1)C1CCCCC1. The molecule has 1 saturated carbocycles. The van der Waals surface area contributed by atoms with E-state index in [4.69, 9.17) is 0 Å². The molecule has 1 aromatic heterocycles. The third-order valence-corrected chi connectivity index (χ3v) is 4.53. The van der Waals surface area contributed by atoms with E-state index in [0.29, 0.717) is 18.9 Å². The van der Waals surface area contributed by atoms with Crippen LogP contribution in [-0.4, -0.2) is 33.9 Å². The zero-order valence-electron chi connectivity index (χ0n) is 12.6. The smallest absolute Gasteiger partial charge is 0.223 e. The van der Waals surface area contributed by atoms with Gasteiger partial charge in [0.05, 0.1) is 11.0 Å². The second-order valence-electron chi connectivity index (χ2n) is 6.00. The summed E-state index contributed by atoms with van der Waals surface area (Å²) in [5.41, 5.74) is 2.01. The van der Waals surface area contributed by atoms with Crippen molar-refractivity contribution in [2.75, 3.05) is 7.05 Å². The summed E-state index contributed by atoms with van der Waals surface area (Å²) in [6, 6.07) is 8.43. The molecule has 1 N–H and O–H groups in total. The lowest BCUT2D eigenvalue weighted by atomic mass is 9.94. The third kappa shape index (κ3) is 3.26. The Kier molecular flexibility index (Phi) is 4.23. The van der Waals surface area contributed by atoms with Crippen molar-refractivity contribution < 1.29 is 4.79 Å². The van der Waals surface area contributed by atoms with Crippen LogP contribution >= 0.6 is 0 Å². The molecule has 1 heterocycles. The summed E-state index contributed by atoms with van der Waals surface area (Å²) < 4.78 is 0. The highest BCUT2D eigenvalue weighted by Gasteiger charge is 2.21. The molecule has 1 aliphatic rings. The molecule has 0 unspecified atom stereocenters. The van der Waals surface area contributed by atoms with Crippen molar-refractivity contribution >= 4 is 16.9 Å². The zero-order valence-corrected chi connectivity index (χ0v) is 12.6. The summed E-state index contributed by atoms with van der Waals surface area (Å²) in [5, 5.41) is 0. The number of H-pyrrole nitrogens is 1. The van der Waals surface area contributed by atoms with Crippen molar-refractivity contribution in [2.45, 2.75) is 51.0 Å². The Morgan fingerprint density at radius 1 is 1.29 bits per heavy atom. The van der Waals surface area contributed by atoms with Gasteiger partial charge in [-0.2, -0.15) is 0 Å². The molecule has 4 heteroatoms. The van der Waals surface area contributed by atoms with Gasteiger partial charge in [-0.05, 0) is 25.0 Å². The fraction of sp³-hybridized carbons (Fsp3) is 0.529. The normalized spacial score (nSPS) is 16.2. The van der Waals surface area contributed by atoms with Gasteiger partial charge in [-0.3, -0.25) is 4.79 Å². The number of para-hydroxylation sites is 2. The van der Waals surface area contributed by atoms with Crippen LogP contribution in [0.3, 0.4) is 0 Å². The highest BCUT2D eigenvalue weighted by atomic mass is 16.2. The van der Waals surface area contributed by atoms with Crippen LogP contribution in [0.2, 0.25) is 0 Å². The number of imidazole rings is 1. The lowest BCUT2D eigenvalue weighted by Gasteiger charge is -2.31. The van der Waals surface area contributed by atoms with Crippen LogP contribution < -0.4 is 0 Å². The molecule has 0 aliphatic heterocycles. The average Bonchev–Trinajstić information content (AvgIpc) is 2.95. The molecular weight excluding hydrogens is 262 g/mol. The van der Waals surface area contributed by atoms with E-state index < -0.39 is 0 Å². The van der Waals surface area contributed by atoms with Crippen LogP contribution in [0, 0.1) is 0 Å². The fourth-order valence-corrected chi connectivity index (χ4v) is 3.20. The van der Waals surface area contributed by atoms with Crippen molar-refractivity contribution in [3.63, 3.8) is 0 Å². The Morgan fingerprint density at radius 2 is 2.05 bits per heavy atom. The summed E-state index contributed by atoms with van der Waals surface area (Å²) in [6.07, 6.45) is 7.37. The van der Waals surface area contributed by atoms with Gasteiger partial charge in [0.2, 0.25) is 5.91 Å². The molecule has 0 atom stereocenters. The summed E-state index contributed by atoms with van der Waals surface area (Å²) in [4.78, 5) is 22.1. The van der Waals surface area contributed by atoms with Crippen molar-refractivity contribution in [1.29, 1.82) is 0 Å². The minimum atomic E-state index is 0.238. The molecule has 112 valence electrons. The number of hydrogen-bond acceptors (Lipinski definition) is 2. The van der Waals surface area contributed by atoms with Crippen LogP contribution in [0.25, 0.3) is 11.0 Å². The third-order valence-electron chi connectivity index (χ3n) is 4.53. The number of hydrogen-bond donors (Lipinski definition) is 1. The maximum Gasteiger partial charge on any atom is 0.223 e. The van der Waals surface area contributed by atoms with Gasteiger partial charge in [0.15, 0.2) is 0 Å². The van der Waals surface area contributed by atoms with E-state index in [1.807, 2.05) is 36.2 Å². The maximum atomic E-state index is 12.3. The lowest BCUT2D eigenvalue weighted by molar-refractivity contribution is -0.132. The number of aryl methyl sites for hydroxylation is 1. The number of carbonyl (C=O) groups is 1. The number of nitrogens with one attached hydrogen (secondary N) is 1.